The van der Waals surface area contributed by atoms with E-state index in [0.29, 0.717) is 0 Å². The molecule has 0 saturated carbocycles. The first kappa shape index (κ1) is 36.4. The van der Waals surface area contributed by atoms with Crippen molar-refractivity contribution < 1.29 is 60.1 Å². The Labute approximate surface area is 231 Å². The minimum atomic E-state index is -1.69. The van der Waals surface area contributed by atoms with Gasteiger partial charge in [-0.1, -0.05) is 0 Å². The molecule has 0 saturated heterocycles. The molecule has 0 aromatic rings. The molecule has 0 bridgehead atoms. The van der Waals surface area contributed by atoms with Crippen LogP contribution in [0.4, 0.5) is 0 Å². The van der Waals surface area contributed by atoms with Crippen LogP contribution in [-0.4, -0.2) is 125 Å². The first-order valence-electron chi connectivity index (χ1n) is 11.2. The minimum absolute atomic E-state index is 0.000586. The van der Waals surface area contributed by atoms with Gasteiger partial charge >= 0.3 is 23.9 Å². The van der Waals surface area contributed by atoms with Crippen molar-refractivity contribution >= 4 is 67.1 Å². The molecule has 1 N–H and O–H groups in total. The van der Waals surface area contributed by atoms with Crippen LogP contribution in [0.2, 0.25) is 0 Å². The largest absolute Gasteiger partial charge is 0.466 e. The number of aliphatic hydroxyl groups is 1. The molecule has 0 amide bonds. The maximum Gasteiger partial charge on any atom is 0.348 e. The van der Waals surface area contributed by atoms with Gasteiger partial charge in [0, 0.05) is 110 Å². The summed E-state index contributed by atoms with van der Waals surface area (Å²) in [5.41, 5.74) is 0. The molecule has 0 aromatic heterocycles. The number of esters is 4. The van der Waals surface area contributed by atoms with Gasteiger partial charge in [0.1, 0.15) is 0 Å². The van der Waals surface area contributed by atoms with E-state index in [-0.39, 0.29) is 48.7 Å². The fourth-order valence-corrected chi connectivity index (χ4v) is 4.86. The molecular formula is C21H36O13S4. The molecule has 0 radical (unpaired) electrons. The van der Waals surface area contributed by atoms with E-state index in [1.165, 1.54) is 25.0 Å². The highest BCUT2D eigenvalue weighted by atomic mass is 32.2. The Morgan fingerprint density at radius 1 is 0.553 bits per heavy atom. The molecule has 0 aliphatic carbocycles. The Hall–Kier alpha value is -1.56. The van der Waals surface area contributed by atoms with Gasteiger partial charge in [-0.25, -0.2) is 19.2 Å². The second kappa shape index (κ2) is 19.5. The van der Waals surface area contributed by atoms with Crippen molar-refractivity contribution in [3.63, 3.8) is 0 Å². The highest BCUT2D eigenvalue weighted by Crippen LogP contribution is 2.14. The number of methoxy groups -OCH3 is 1. The normalized spacial score (nSPS) is 17.5. The lowest BCUT2D eigenvalue weighted by Gasteiger charge is -2.23. The van der Waals surface area contributed by atoms with Gasteiger partial charge in [-0.2, -0.15) is 0 Å². The predicted molar refractivity (Wildman–Crippen MR) is 142 cm³/mol. The number of hydrogen-bond donors (Lipinski definition) is 1. The van der Waals surface area contributed by atoms with Gasteiger partial charge in [-0.15, -0.1) is 0 Å². The fraction of sp³-hybridized carbons (Fsp3) is 0.810. The lowest BCUT2D eigenvalue weighted by Crippen LogP contribution is -2.41. The van der Waals surface area contributed by atoms with Crippen LogP contribution in [0.1, 0.15) is 25.7 Å². The molecule has 17 heteroatoms. The Morgan fingerprint density at radius 2 is 0.842 bits per heavy atom. The van der Waals surface area contributed by atoms with Crippen molar-refractivity contribution in [3.8, 4) is 0 Å². The lowest BCUT2D eigenvalue weighted by atomic mass is 10.2. The van der Waals surface area contributed by atoms with Gasteiger partial charge in [0.15, 0.2) is 24.4 Å². The molecular weight excluding hydrogens is 588 g/mol. The van der Waals surface area contributed by atoms with Crippen LogP contribution in [0, 0.1) is 0 Å². The van der Waals surface area contributed by atoms with E-state index in [1.807, 2.05) is 0 Å². The maximum absolute atomic E-state index is 12.9. The summed E-state index contributed by atoms with van der Waals surface area (Å²) in [6.07, 6.45) is -1.85. The van der Waals surface area contributed by atoms with Crippen molar-refractivity contribution in [1.29, 1.82) is 0 Å². The van der Waals surface area contributed by atoms with Crippen molar-refractivity contribution in [3.05, 3.63) is 0 Å². The van der Waals surface area contributed by atoms with Crippen LogP contribution < -0.4 is 0 Å². The van der Waals surface area contributed by atoms with Crippen LogP contribution in [0.15, 0.2) is 0 Å². The first-order chi connectivity index (χ1) is 17.7. The van der Waals surface area contributed by atoms with E-state index in [9.17, 15) is 41.1 Å². The van der Waals surface area contributed by atoms with Gasteiger partial charge in [0.05, 0.1) is 7.11 Å². The summed E-state index contributed by atoms with van der Waals surface area (Å²) < 4.78 is 65.8. The van der Waals surface area contributed by atoms with Crippen LogP contribution in [0.3, 0.4) is 0 Å². The van der Waals surface area contributed by atoms with Crippen molar-refractivity contribution in [2.24, 2.45) is 0 Å². The molecule has 0 aromatic carbocycles. The van der Waals surface area contributed by atoms with Crippen molar-refractivity contribution in [2.75, 3.05) is 55.1 Å². The van der Waals surface area contributed by atoms with Crippen LogP contribution in [0.5, 0.6) is 0 Å². The van der Waals surface area contributed by atoms with Crippen molar-refractivity contribution in [1.82, 2.24) is 0 Å². The predicted octanol–water partition coefficient (Wildman–Crippen LogP) is -1.67. The Kier molecular flexibility index (Phi) is 18.7. The Bertz CT molecular complexity index is 908. The summed E-state index contributed by atoms with van der Waals surface area (Å²) in [4.78, 5) is 50.0. The van der Waals surface area contributed by atoms with Gasteiger partial charge in [-0.3, -0.25) is 16.8 Å². The standard InChI is InChI=1S/C21H36O13S4/c1-31-19(24)15(7-11-36(3)28)33-21(26)17(9-13-38(5)30)34-20(25)16(8-12-37(4)29)32-18(23)14(22)6-10-35(2)27/h14-17,22H,6-13H2,1-5H3. The third kappa shape index (κ3) is 16.4. The smallest absolute Gasteiger partial charge is 0.348 e. The molecule has 0 heterocycles. The summed E-state index contributed by atoms with van der Waals surface area (Å²) >= 11 is 0. The second-order valence-electron chi connectivity index (χ2n) is 8.08. The molecule has 0 rings (SSSR count). The molecule has 8 unspecified atom stereocenters. The van der Waals surface area contributed by atoms with Gasteiger partial charge in [0.2, 0.25) is 0 Å². The topological polar surface area (TPSA) is 194 Å². The zero-order valence-electron chi connectivity index (χ0n) is 21.9. The lowest BCUT2D eigenvalue weighted by molar-refractivity contribution is -0.185. The Balaban J connectivity index is 5.71. The highest BCUT2D eigenvalue weighted by molar-refractivity contribution is 7.84. The van der Waals surface area contributed by atoms with E-state index in [0.717, 1.165) is 7.11 Å². The van der Waals surface area contributed by atoms with Crippen LogP contribution in [-0.2, 0) is 81.3 Å². The fourth-order valence-electron chi connectivity index (χ4n) is 2.67. The average molecular weight is 625 g/mol. The minimum Gasteiger partial charge on any atom is -0.466 e. The van der Waals surface area contributed by atoms with Crippen molar-refractivity contribution in [2.45, 2.75) is 50.1 Å². The number of aliphatic hydroxyl groups excluding tert-OH is 1. The van der Waals surface area contributed by atoms with E-state index in [1.54, 1.807) is 0 Å². The molecule has 0 fully saturated rings. The molecule has 0 aliphatic rings. The Morgan fingerprint density at radius 3 is 1.16 bits per heavy atom. The molecule has 13 nitrogen and oxygen atoms in total. The third-order valence-electron chi connectivity index (χ3n) is 4.72. The second-order valence-corrected chi connectivity index (χ2v) is 14.3. The number of hydrogen-bond acceptors (Lipinski definition) is 13. The van der Waals surface area contributed by atoms with Crippen LogP contribution in [0.25, 0.3) is 0 Å². The summed E-state index contributed by atoms with van der Waals surface area (Å²) in [5.74, 6) is -4.69. The van der Waals surface area contributed by atoms with Crippen LogP contribution >= 0.6 is 0 Å². The average Bonchev–Trinajstić information content (AvgIpc) is 2.83. The van der Waals surface area contributed by atoms with Gasteiger partial charge in [0.25, 0.3) is 0 Å². The highest BCUT2D eigenvalue weighted by Gasteiger charge is 2.35. The SMILES string of the molecule is COC(=O)C(CCS(C)=O)OC(=O)C(CCS(C)=O)OC(=O)C(CCS(C)=O)OC(=O)C(O)CCS(C)=O. The van der Waals surface area contributed by atoms with Gasteiger partial charge in [-0.05, 0) is 6.42 Å². The van der Waals surface area contributed by atoms with Gasteiger partial charge < -0.3 is 24.1 Å². The monoisotopic (exact) mass is 624 g/mol. The molecule has 0 aliphatic heterocycles. The summed E-state index contributed by atoms with van der Waals surface area (Å²) in [5, 5.41) is 9.96. The zero-order valence-corrected chi connectivity index (χ0v) is 25.2. The quantitative estimate of drug-likeness (QED) is 0.127. The molecule has 8 atom stereocenters. The first-order valence-corrected chi connectivity index (χ1v) is 18.2. The third-order valence-corrected chi connectivity index (χ3v) is 7.96. The van der Waals surface area contributed by atoms with E-state index in [2.05, 4.69) is 4.74 Å². The number of carbonyl (C=O) groups is 4. The molecule has 38 heavy (non-hydrogen) atoms. The zero-order chi connectivity index (χ0) is 29.4. The number of rotatable bonds is 19. The molecule has 222 valence electrons. The molecule has 0 spiro atoms. The number of carbonyl (C=O) groups excluding carboxylic acids is 4. The van der Waals surface area contributed by atoms with E-state index < -0.39 is 91.5 Å². The maximum atomic E-state index is 12.9. The van der Waals surface area contributed by atoms with E-state index in [4.69, 9.17) is 14.2 Å². The van der Waals surface area contributed by atoms with E-state index >= 15 is 0 Å². The summed E-state index contributed by atoms with van der Waals surface area (Å²) in [6, 6.07) is 0. The number of ether oxygens (including phenoxy) is 4. The summed E-state index contributed by atoms with van der Waals surface area (Å²) in [6.45, 7) is 0. The summed E-state index contributed by atoms with van der Waals surface area (Å²) in [7, 11) is -4.35.